The van der Waals surface area contributed by atoms with Crippen LogP contribution >= 0.6 is 0 Å². The normalized spacial score (nSPS) is 10.2. The zero-order valence-corrected chi connectivity index (χ0v) is 13.5. The highest BCUT2D eigenvalue weighted by Gasteiger charge is 2.08. The summed E-state index contributed by atoms with van der Waals surface area (Å²) in [6.07, 6.45) is 1.27. The fraction of sp³-hybridized carbons (Fsp3) is 0.100. The van der Waals surface area contributed by atoms with Crippen molar-refractivity contribution in [2.75, 3.05) is 0 Å². The molecule has 0 aliphatic carbocycles. The van der Waals surface area contributed by atoms with Crippen molar-refractivity contribution in [1.82, 2.24) is 5.32 Å². The summed E-state index contributed by atoms with van der Waals surface area (Å²) in [5.41, 5.74) is 1.22. The van der Waals surface area contributed by atoms with Gasteiger partial charge in [0, 0.05) is 11.6 Å². The van der Waals surface area contributed by atoms with Gasteiger partial charge in [0.15, 0.2) is 0 Å². The molecule has 0 bridgehead atoms. The molecule has 0 unspecified atom stereocenters. The van der Waals surface area contributed by atoms with E-state index in [2.05, 4.69) is 5.32 Å². The smallest absolute Gasteiger partial charge is 0.251 e. The quantitative estimate of drug-likeness (QED) is 0.751. The monoisotopic (exact) mass is 335 g/mol. The SMILES string of the molecule is O=C(NCc1cc(=O)c(OCc2ccccc2)co1)c1ccccc1. The van der Waals surface area contributed by atoms with E-state index in [-0.39, 0.29) is 30.2 Å². The van der Waals surface area contributed by atoms with Gasteiger partial charge in [-0.1, -0.05) is 48.5 Å². The van der Waals surface area contributed by atoms with Gasteiger partial charge in [0.2, 0.25) is 11.2 Å². The number of ether oxygens (including phenoxy) is 1. The summed E-state index contributed by atoms with van der Waals surface area (Å²) in [5, 5.41) is 2.71. The number of rotatable bonds is 6. The number of benzene rings is 2. The van der Waals surface area contributed by atoms with E-state index in [4.69, 9.17) is 9.15 Å². The van der Waals surface area contributed by atoms with Crippen molar-refractivity contribution >= 4 is 5.91 Å². The summed E-state index contributed by atoms with van der Waals surface area (Å²) in [6, 6.07) is 19.7. The molecule has 3 aromatic rings. The molecule has 0 spiro atoms. The lowest BCUT2D eigenvalue weighted by atomic mass is 10.2. The number of carbonyl (C=O) groups excluding carboxylic acids is 1. The Morgan fingerprint density at radius 2 is 1.68 bits per heavy atom. The number of nitrogens with one attached hydrogen (secondary N) is 1. The van der Waals surface area contributed by atoms with Crippen LogP contribution < -0.4 is 15.5 Å². The zero-order valence-electron chi connectivity index (χ0n) is 13.5. The fourth-order valence-corrected chi connectivity index (χ4v) is 2.23. The Balaban J connectivity index is 1.58. The molecule has 1 aromatic heterocycles. The Labute approximate surface area is 144 Å². The summed E-state index contributed by atoms with van der Waals surface area (Å²) < 4.78 is 10.9. The summed E-state index contributed by atoms with van der Waals surface area (Å²) in [5.74, 6) is 0.274. The highest BCUT2D eigenvalue weighted by atomic mass is 16.5. The third-order valence-electron chi connectivity index (χ3n) is 3.55. The standard InChI is InChI=1S/C20H17NO4/c22-18-11-17(12-21-20(23)16-9-5-2-6-10-16)24-14-19(18)25-13-15-7-3-1-4-8-15/h1-11,14H,12-13H2,(H,21,23). The molecule has 5 heteroatoms. The van der Waals surface area contributed by atoms with E-state index in [0.29, 0.717) is 11.3 Å². The van der Waals surface area contributed by atoms with Gasteiger partial charge in [-0.15, -0.1) is 0 Å². The maximum absolute atomic E-state index is 12.1. The first-order chi connectivity index (χ1) is 12.2. The summed E-state index contributed by atoms with van der Waals surface area (Å²) in [4.78, 5) is 24.1. The van der Waals surface area contributed by atoms with Gasteiger partial charge in [-0.2, -0.15) is 0 Å². The molecule has 0 aliphatic rings. The van der Waals surface area contributed by atoms with Crippen LogP contribution in [-0.4, -0.2) is 5.91 Å². The second-order valence-electron chi connectivity index (χ2n) is 5.40. The maximum Gasteiger partial charge on any atom is 0.251 e. The molecule has 0 atom stereocenters. The van der Waals surface area contributed by atoms with Gasteiger partial charge in [0.1, 0.15) is 18.6 Å². The summed E-state index contributed by atoms with van der Waals surface area (Å²) in [6.45, 7) is 0.414. The van der Waals surface area contributed by atoms with Gasteiger partial charge >= 0.3 is 0 Å². The molecule has 0 fully saturated rings. The van der Waals surface area contributed by atoms with E-state index < -0.39 is 0 Å². The zero-order chi connectivity index (χ0) is 17.5. The van der Waals surface area contributed by atoms with E-state index >= 15 is 0 Å². The molecule has 126 valence electrons. The predicted molar refractivity (Wildman–Crippen MR) is 93.4 cm³/mol. The lowest BCUT2D eigenvalue weighted by molar-refractivity contribution is 0.0947. The van der Waals surface area contributed by atoms with Crippen molar-refractivity contribution < 1.29 is 13.9 Å². The van der Waals surface area contributed by atoms with Crippen molar-refractivity contribution in [3.05, 3.63) is 100 Å². The second kappa shape index (κ2) is 7.97. The highest BCUT2D eigenvalue weighted by molar-refractivity contribution is 5.93. The average Bonchev–Trinajstić information content (AvgIpc) is 2.67. The van der Waals surface area contributed by atoms with Crippen molar-refractivity contribution in [3.8, 4) is 5.75 Å². The molecule has 0 aliphatic heterocycles. The Hall–Kier alpha value is -3.34. The minimum Gasteiger partial charge on any atom is -0.482 e. The van der Waals surface area contributed by atoms with Crippen LogP contribution in [0, 0.1) is 0 Å². The van der Waals surface area contributed by atoms with Gasteiger partial charge < -0.3 is 14.5 Å². The topological polar surface area (TPSA) is 68.5 Å². The van der Waals surface area contributed by atoms with Gasteiger partial charge in [0.25, 0.3) is 5.91 Å². The van der Waals surface area contributed by atoms with Crippen molar-refractivity contribution in [2.24, 2.45) is 0 Å². The van der Waals surface area contributed by atoms with Gasteiger partial charge in [0.05, 0.1) is 6.54 Å². The maximum atomic E-state index is 12.1. The molecular formula is C20H17NO4. The van der Waals surface area contributed by atoms with Crippen molar-refractivity contribution in [2.45, 2.75) is 13.2 Å². The first kappa shape index (κ1) is 16.5. The van der Waals surface area contributed by atoms with Gasteiger partial charge in [-0.25, -0.2) is 0 Å². The molecule has 25 heavy (non-hydrogen) atoms. The third kappa shape index (κ3) is 4.57. The van der Waals surface area contributed by atoms with Crippen LogP contribution in [0.5, 0.6) is 5.75 Å². The van der Waals surface area contributed by atoms with Crippen LogP contribution in [-0.2, 0) is 13.2 Å². The number of amides is 1. The lowest BCUT2D eigenvalue weighted by Gasteiger charge is -2.07. The predicted octanol–water partition coefficient (Wildman–Crippen LogP) is 3.15. The van der Waals surface area contributed by atoms with Crippen molar-refractivity contribution in [1.29, 1.82) is 0 Å². The van der Waals surface area contributed by atoms with E-state index in [0.717, 1.165) is 5.56 Å². The van der Waals surface area contributed by atoms with Crippen LogP contribution in [0.25, 0.3) is 0 Å². The van der Waals surface area contributed by atoms with E-state index in [9.17, 15) is 9.59 Å². The Bertz CT molecular complexity index is 888. The Morgan fingerprint density at radius 3 is 2.36 bits per heavy atom. The Kier molecular flexibility index (Phi) is 5.26. The highest BCUT2D eigenvalue weighted by Crippen LogP contribution is 2.09. The van der Waals surface area contributed by atoms with Crippen LogP contribution in [0.1, 0.15) is 21.7 Å². The first-order valence-corrected chi connectivity index (χ1v) is 7.84. The molecule has 0 saturated heterocycles. The molecular weight excluding hydrogens is 318 g/mol. The molecule has 5 nitrogen and oxygen atoms in total. The lowest BCUT2D eigenvalue weighted by Crippen LogP contribution is -2.23. The fourth-order valence-electron chi connectivity index (χ4n) is 2.23. The Morgan fingerprint density at radius 1 is 1.00 bits per heavy atom. The van der Waals surface area contributed by atoms with Crippen LogP contribution in [0.2, 0.25) is 0 Å². The molecule has 1 heterocycles. The minimum absolute atomic E-state index is 0.127. The average molecular weight is 335 g/mol. The first-order valence-electron chi connectivity index (χ1n) is 7.84. The minimum atomic E-state index is -0.286. The molecule has 3 rings (SSSR count). The third-order valence-corrected chi connectivity index (χ3v) is 3.55. The van der Waals surface area contributed by atoms with E-state index in [1.54, 1.807) is 24.3 Å². The number of carbonyl (C=O) groups is 1. The van der Waals surface area contributed by atoms with Crippen LogP contribution in [0.4, 0.5) is 0 Å². The van der Waals surface area contributed by atoms with Crippen molar-refractivity contribution in [3.63, 3.8) is 0 Å². The van der Waals surface area contributed by atoms with Gasteiger partial charge in [-0.3, -0.25) is 9.59 Å². The largest absolute Gasteiger partial charge is 0.482 e. The summed E-state index contributed by atoms with van der Waals surface area (Å²) >= 11 is 0. The van der Waals surface area contributed by atoms with Gasteiger partial charge in [-0.05, 0) is 17.7 Å². The van der Waals surface area contributed by atoms with Crippen LogP contribution in [0.3, 0.4) is 0 Å². The van der Waals surface area contributed by atoms with Crippen LogP contribution in [0.15, 0.2) is 82.2 Å². The molecule has 0 radical (unpaired) electrons. The molecule has 1 N–H and O–H groups in total. The second-order valence-corrected chi connectivity index (χ2v) is 5.40. The van der Waals surface area contributed by atoms with E-state index in [1.165, 1.54) is 12.3 Å². The van der Waals surface area contributed by atoms with E-state index in [1.807, 2.05) is 36.4 Å². The molecule has 2 aromatic carbocycles. The molecule has 0 saturated carbocycles. The number of hydrogen-bond acceptors (Lipinski definition) is 4. The summed E-state index contributed by atoms with van der Waals surface area (Å²) in [7, 11) is 0. The molecule has 1 amide bonds. The number of hydrogen-bond donors (Lipinski definition) is 1.